The van der Waals surface area contributed by atoms with Crippen molar-refractivity contribution in [1.29, 1.82) is 0 Å². The summed E-state index contributed by atoms with van der Waals surface area (Å²) >= 11 is 0. The smallest absolute Gasteiger partial charge is 0.109 e. The average molecular weight is 251 g/mol. The first-order chi connectivity index (χ1) is 9.43. The molecule has 1 aliphatic heterocycles. The maximum absolute atomic E-state index is 4.40. The third-order valence-electron chi connectivity index (χ3n) is 3.36. The summed E-state index contributed by atoms with van der Waals surface area (Å²) in [4.78, 5) is 2.39. The number of nitrogens with zero attached hydrogens (tertiary/aromatic N) is 3. The van der Waals surface area contributed by atoms with Gasteiger partial charge in [0.1, 0.15) is 5.69 Å². The van der Waals surface area contributed by atoms with E-state index in [0.717, 1.165) is 24.5 Å². The van der Waals surface area contributed by atoms with Crippen molar-refractivity contribution in [1.82, 2.24) is 0 Å². The molecule has 1 fully saturated rings. The Kier molecular flexibility index (Phi) is 3.54. The predicted octanol–water partition coefficient (Wildman–Crippen LogP) is 4.70. The maximum atomic E-state index is 4.40. The SMILES string of the molecule is c1ccc(N=Nc2ccccc2N2CCCC2)cc1. The van der Waals surface area contributed by atoms with Crippen LogP contribution in [0.4, 0.5) is 17.1 Å². The molecule has 1 aliphatic rings. The maximum Gasteiger partial charge on any atom is 0.109 e. The molecule has 1 heterocycles. The van der Waals surface area contributed by atoms with Crippen molar-refractivity contribution in [3.05, 3.63) is 54.6 Å². The average Bonchev–Trinajstić information content (AvgIpc) is 3.01. The Balaban J connectivity index is 1.86. The molecule has 0 spiro atoms. The van der Waals surface area contributed by atoms with E-state index in [-0.39, 0.29) is 0 Å². The van der Waals surface area contributed by atoms with Crippen molar-refractivity contribution in [2.75, 3.05) is 18.0 Å². The fraction of sp³-hybridized carbons (Fsp3) is 0.250. The van der Waals surface area contributed by atoms with Gasteiger partial charge < -0.3 is 4.90 Å². The molecule has 19 heavy (non-hydrogen) atoms. The Morgan fingerprint density at radius 1 is 0.737 bits per heavy atom. The van der Waals surface area contributed by atoms with Crippen LogP contribution < -0.4 is 4.90 Å². The van der Waals surface area contributed by atoms with Gasteiger partial charge in [0.15, 0.2) is 0 Å². The topological polar surface area (TPSA) is 28.0 Å². The fourth-order valence-corrected chi connectivity index (χ4v) is 2.38. The molecule has 2 aromatic carbocycles. The Bertz CT molecular complexity index is 557. The Labute approximate surface area is 113 Å². The van der Waals surface area contributed by atoms with Crippen LogP contribution in [0.2, 0.25) is 0 Å². The lowest BCUT2D eigenvalue weighted by molar-refractivity contribution is 0.949. The van der Waals surface area contributed by atoms with Crippen molar-refractivity contribution >= 4 is 17.1 Å². The fourth-order valence-electron chi connectivity index (χ4n) is 2.38. The molecule has 0 bridgehead atoms. The van der Waals surface area contributed by atoms with E-state index in [0.29, 0.717) is 0 Å². The molecule has 1 saturated heterocycles. The van der Waals surface area contributed by atoms with E-state index in [9.17, 15) is 0 Å². The molecule has 96 valence electrons. The van der Waals surface area contributed by atoms with Gasteiger partial charge in [-0.1, -0.05) is 30.3 Å². The third-order valence-corrected chi connectivity index (χ3v) is 3.36. The van der Waals surface area contributed by atoms with Gasteiger partial charge in [-0.25, -0.2) is 0 Å². The number of rotatable bonds is 3. The summed E-state index contributed by atoms with van der Waals surface area (Å²) in [7, 11) is 0. The van der Waals surface area contributed by atoms with Crippen molar-refractivity contribution in [3.8, 4) is 0 Å². The lowest BCUT2D eigenvalue weighted by Crippen LogP contribution is -2.17. The number of azo groups is 1. The van der Waals surface area contributed by atoms with Crippen molar-refractivity contribution in [2.24, 2.45) is 10.2 Å². The van der Waals surface area contributed by atoms with Crippen LogP contribution >= 0.6 is 0 Å². The second-order valence-corrected chi connectivity index (χ2v) is 4.72. The minimum absolute atomic E-state index is 0.888. The van der Waals surface area contributed by atoms with E-state index >= 15 is 0 Å². The molecule has 0 aliphatic carbocycles. The van der Waals surface area contributed by atoms with Gasteiger partial charge in [-0.3, -0.25) is 0 Å². The summed E-state index contributed by atoms with van der Waals surface area (Å²) in [6.45, 7) is 2.25. The number of para-hydroxylation sites is 1. The van der Waals surface area contributed by atoms with E-state index < -0.39 is 0 Å². The second-order valence-electron chi connectivity index (χ2n) is 4.72. The Hall–Kier alpha value is -2.16. The highest BCUT2D eigenvalue weighted by molar-refractivity contribution is 5.67. The van der Waals surface area contributed by atoms with Crippen LogP contribution in [0.3, 0.4) is 0 Å². The number of benzene rings is 2. The first-order valence-electron chi connectivity index (χ1n) is 6.74. The first kappa shape index (κ1) is 11.9. The molecular formula is C16H17N3. The van der Waals surface area contributed by atoms with E-state index in [4.69, 9.17) is 0 Å². The highest BCUT2D eigenvalue weighted by atomic mass is 15.2. The summed E-state index contributed by atoms with van der Waals surface area (Å²) in [6, 6.07) is 18.1. The van der Waals surface area contributed by atoms with Gasteiger partial charge in [0.25, 0.3) is 0 Å². The summed E-state index contributed by atoms with van der Waals surface area (Å²) in [5, 5.41) is 8.71. The van der Waals surface area contributed by atoms with Crippen LogP contribution in [-0.4, -0.2) is 13.1 Å². The highest BCUT2D eigenvalue weighted by Crippen LogP contribution is 2.31. The van der Waals surface area contributed by atoms with Crippen LogP contribution in [-0.2, 0) is 0 Å². The van der Waals surface area contributed by atoms with Crippen LogP contribution in [0.5, 0.6) is 0 Å². The van der Waals surface area contributed by atoms with Gasteiger partial charge in [0.05, 0.1) is 11.4 Å². The van der Waals surface area contributed by atoms with Crippen LogP contribution in [0.15, 0.2) is 64.8 Å². The standard InChI is InChI=1S/C16H17N3/c1-2-8-14(9-3-1)17-18-15-10-4-5-11-16(15)19-12-6-7-13-19/h1-5,8-11H,6-7,12-13H2. The quantitative estimate of drug-likeness (QED) is 0.726. The molecule has 0 amide bonds. The van der Waals surface area contributed by atoms with E-state index in [2.05, 4.69) is 27.3 Å². The lowest BCUT2D eigenvalue weighted by Gasteiger charge is -2.18. The van der Waals surface area contributed by atoms with Gasteiger partial charge in [-0.15, -0.1) is 5.11 Å². The zero-order valence-electron chi connectivity index (χ0n) is 10.9. The van der Waals surface area contributed by atoms with Crippen LogP contribution in [0, 0.1) is 0 Å². The van der Waals surface area contributed by atoms with Crippen LogP contribution in [0.25, 0.3) is 0 Å². The van der Waals surface area contributed by atoms with E-state index in [1.165, 1.54) is 18.5 Å². The molecule has 0 unspecified atom stereocenters. The monoisotopic (exact) mass is 251 g/mol. The molecule has 3 heteroatoms. The third kappa shape index (κ3) is 2.81. The Morgan fingerprint density at radius 3 is 2.21 bits per heavy atom. The van der Waals surface area contributed by atoms with Gasteiger partial charge in [-0.05, 0) is 37.1 Å². The van der Waals surface area contributed by atoms with Crippen molar-refractivity contribution < 1.29 is 0 Å². The molecular weight excluding hydrogens is 234 g/mol. The zero-order valence-corrected chi connectivity index (χ0v) is 10.9. The van der Waals surface area contributed by atoms with Crippen LogP contribution in [0.1, 0.15) is 12.8 Å². The van der Waals surface area contributed by atoms with Gasteiger partial charge in [0.2, 0.25) is 0 Å². The lowest BCUT2D eigenvalue weighted by atomic mass is 10.2. The van der Waals surface area contributed by atoms with E-state index in [1.807, 2.05) is 42.5 Å². The molecule has 0 saturated carbocycles. The molecule has 0 N–H and O–H groups in total. The number of hydrogen-bond acceptors (Lipinski definition) is 3. The second kappa shape index (κ2) is 5.65. The summed E-state index contributed by atoms with van der Waals surface area (Å²) in [6.07, 6.45) is 2.54. The summed E-state index contributed by atoms with van der Waals surface area (Å²) in [5.74, 6) is 0. The number of hydrogen-bond donors (Lipinski definition) is 0. The number of anilines is 1. The molecule has 0 aromatic heterocycles. The first-order valence-corrected chi connectivity index (χ1v) is 6.74. The summed E-state index contributed by atoms with van der Waals surface area (Å²) < 4.78 is 0. The largest absolute Gasteiger partial charge is 0.370 e. The van der Waals surface area contributed by atoms with Crippen molar-refractivity contribution in [2.45, 2.75) is 12.8 Å². The van der Waals surface area contributed by atoms with E-state index in [1.54, 1.807) is 0 Å². The molecule has 0 atom stereocenters. The van der Waals surface area contributed by atoms with Gasteiger partial charge in [-0.2, -0.15) is 5.11 Å². The van der Waals surface area contributed by atoms with Crippen molar-refractivity contribution in [3.63, 3.8) is 0 Å². The van der Waals surface area contributed by atoms with Gasteiger partial charge >= 0.3 is 0 Å². The minimum Gasteiger partial charge on any atom is -0.370 e. The molecule has 0 radical (unpaired) electrons. The molecule has 3 nitrogen and oxygen atoms in total. The Morgan fingerprint density at radius 2 is 1.42 bits per heavy atom. The summed E-state index contributed by atoms with van der Waals surface area (Å²) in [5.41, 5.74) is 3.03. The zero-order chi connectivity index (χ0) is 12.9. The predicted molar refractivity (Wildman–Crippen MR) is 78.5 cm³/mol. The minimum atomic E-state index is 0.888. The molecule has 3 rings (SSSR count). The normalized spacial score (nSPS) is 15.3. The highest BCUT2D eigenvalue weighted by Gasteiger charge is 2.14. The molecule has 2 aromatic rings. The van der Waals surface area contributed by atoms with Gasteiger partial charge in [0, 0.05) is 13.1 Å².